The Kier molecular flexibility index (Phi) is 5.52. The summed E-state index contributed by atoms with van der Waals surface area (Å²) in [5.74, 6) is 1.76. The van der Waals surface area contributed by atoms with E-state index in [4.69, 9.17) is 9.47 Å². The lowest BCUT2D eigenvalue weighted by molar-refractivity contribution is 0.114. The summed E-state index contributed by atoms with van der Waals surface area (Å²) in [6.07, 6.45) is 6.38. The summed E-state index contributed by atoms with van der Waals surface area (Å²) in [6.45, 7) is 3.27. The second kappa shape index (κ2) is 7.39. The molecule has 0 aliphatic heterocycles. The average Bonchev–Trinajstić information content (AvgIpc) is 2.46. The van der Waals surface area contributed by atoms with Crippen molar-refractivity contribution in [3.05, 3.63) is 24.3 Å². The van der Waals surface area contributed by atoms with Gasteiger partial charge in [0, 0.05) is 12.1 Å². The zero-order chi connectivity index (χ0) is 13.5. The van der Waals surface area contributed by atoms with Gasteiger partial charge in [-0.1, -0.05) is 19.4 Å². The minimum Gasteiger partial charge on any atom is -0.497 e. The van der Waals surface area contributed by atoms with Crippen LogP contribution in [0.5, 0.6) is 11.5 Å². The van der Waals surface area contributed by atoms with E-state index in [0.29, 0.717) is 6.04 Å². The number of hydrogen-bond donors (Lipinski definition) is 1. The maximum Gasteiger partial charge on any atom is 0.123 e. The van der Waals surface area contributed by atoms with Crippen molar-refractivity contribution >= 4 is 0 Å². The Bertz CT molecular complexity index is 381. The minimum absolute atomic E-state index is 0.285. The van der Waals surface area contributed by atoms with Crippen LogP contribution in [0.3, 0.4) is 0 Å². The molecule has 0 saturated heterocycles. The fraction of sp³-hybridized carbons (Fsp3) is 0.625. The van der Waals surface area contributed by atoms with Crippen molar-refractivity contribution in [1.29, 1.82) is 0 Å². The molecule has 2 rings (SSSR count). The highest BCUT2D eigenvalue weighted by Crippen LogP contribution is 2.26. The number of ether oxygens (including phenoxy) is 2. The predicted octanol–water partition coefficient (Wildman–Crippen LogP) is 3.38. The van der Waals surface area contributed by atoms with Crippen molar-refractivity contribution in [3.8, 4) is 11.5 Å². The maximum absolute atomic E-state index is 6.16. The molecule has 2 atom stereocenters. The average molecular weight is 263 g/mol. The molecule has 1 aromatic rings. The summed E-state index contributed by atoms with van der Waals surface area (Å²) < 4.78 is 11.4. The Morgan fingerprint density at radius 1 is 1.21 bits per heavy atom. The minimum atomic E-state index is 0.285. The van der Waals surface area contributed by atoms with E-state index in [1.165, 1.54) is 25.7 Å². The second-order valence-electron chi connectivity index (χ2n) is 5.18. The molecule has 3 nitrogen and oxygen atoms in total. The first kappa shape index (κ1) is 14.2. The third-order valence-corrected chi connectivity index (χ3v) is 3.69. The molecule has 0 amide bonds. The molecule has 106 valence electrons. The van der Waals surface area contributed by atoms with Gasteiger partial charge in [0.2, 0.25) is 0 Å². The summed E-state index contributed by atoms with van der Waals surface area (Å²) in [5, 5.41) is 3.61. The van der Waals surface area contributed by atoms with E-state index >= 15 is 0 Å². The zero-order valence-electron chi connectivity index (χ0n) is 12.0. The zero-order valence-corrected chi connectivity index (χ0v) is 12.0. The third kappa shape index (κ3) is 4.13. The molecule has 0 bridgehead atoms. The van der Waals surface area contributed by atoms with Gasteiger partial charge in [-0.15, -0.1) is 0 Å². The summed E-state index contributed by atoms with van der Waals surface area (Å²) in [4.78, 5) is 0. The van der Waals surface area contributed by atoms with Gasteiger partial charge in [-0.3, -0.25) is 0 Å². The van der Waals surface area contributed by atoms with E-state index in [-0.39, 0.29) is 6.10 Å². The van der Waals surface area contributed by atoms with Crippen molar-refractivity contribution in [1.82, 2.24) is 5.32 Å². The molecule has 19 heavy (non-hydrogen) atoms. The van der Waals surface area contributed by atoms with Crippen LogP contribution < -0.4 is 14.8 Å². The molecule has 1 fully saturated rings. The van der Waals surface area contributed by atoms with Gasteiger partial charge < -0.3 is 14.8 Å². The molecule has 0 aromatic heterocycles. The number of methoxy groups -OCH3 is 1. The molecular weight excluding hydrogens is 238 g/mol. The van der Waals surface area contributed by atoms with Crippen LogP contribution >= 0.6 is 0 Å². The fourth-order valence-electron chi connectivity index (χ4n) is 2.65. The number of rotatable bonds is 6. The molecule has 3 heteroatoms. The summed E-state index contributed by atoms with van der Waals surface area (Å²) >= 11 is 0. The number of nitrogens with one attached hydrogen (secondary N) is 1. The third-order valence-electron chi connectivity index (χ3n) is 3.69. The van der Waals surface area contributed by atoms with Gasteiger partial charge in [-0.25, -0.2) is 0 Å². The standard InChI is InChI=1S/C16H25NO2/c1-3-11-17-15-9-4-5-10-16(15)19-14-8-6-7-13(12-14)18-2/h6-8,12,15-17H,3-5,9-11H2,1-2H3. The number of benzene rings is 1. The smallest absolute Gasteiger partial charge is 0.123 e. The summed E-state index contributed by atoms with van der Waals surface area (Å²) in [7, 11) is 1.69. The topological polar surface area (TPSA) is 30.5 Å². The van der Waals surface area contributed by atoms with Crippen molar-refractivity contribution in [2.45, 2.75) is 51.2 Å². The second-order valence-corrected chi connectivity index (χ2v) is 5.18. The molecule has 1 saturated carbocycles. The van der Waals surface area contributed by atoms with Gasteiger partial charge in [0.1, 0.15) is 17.6 Å². The Hall–Kier alpha value is -1.22. The van der Waals surface area contributed by atoms with Crippen LogP contribution in [0.2, 0.25) is 0 Å². The molecule has 1 aliphatic carbocycles. The Labute approximate surface area is 116 Å². The first-order valence-electron chi connectivity index (χ1n) is 7.37. The largest absolute Gasteiger partial charge is 0.497 e. The van der Waals surface area contributed by atoms with E-state index in [9.17, 15) is 0 Å². The van der Waals surface area contributed by atoms with E-state index in [1.54, 1.807) is 7.11 Å². The highest BCUT2D eigenvalue weighted by molar-refractivity contribution is 5.33. The monoisotopic (exact) mass is 263 g/mol. The Balaban J connectivity index is 1.97. The Morgan fingerprint density at radius 2 is 2.00 bits per heavy atom. The predicted molar refractivity (Wildman–Crippen MR) is 78.0 cm³/mol. The molecule has 2 unspecified atom stereocenters. The van der Waals surface area contributed by atoms with Gasteiger partial charge in [0.25, 0.3) is 0 Å². The van der Waals surface area contributed by atoms with Gasteiger partial charge in [-0.2, -0.15) is 0 Å². The fourth-order valence-corrected chi connectivity index (χ4v) is 2.65. The van der Waals surface area contributed by atoms with E-state index in [0.717, 1.165) is 24.5 Å². The molecule has 1 N–H and O–H groups in total. The molecule has 0 spiro atoms. The van der Waals surface area contributed by atoms with Crippen molar-refractivity contribution in [2.24, 2.45) is 0 Å². The Morgan fingerprint density at radius 3 is 2.79 bits per heavy atom. The maximum atomic E-state index is 6.16. The van der Waals surface area contributed by atoms with E-state index in [1.807, 2.05) is 24.3 Å². The van der Waals surface area contributed by atoms with Crippen LogP contribution in [0, 0.1) is 0 Å². The van der Waals surface area contributed by atoms with Crippen molar-refractivity contribution in [3.63, 3.8) is 0 Å². The van der Waals surface area contributed by atoms with E-state index < -0.39 is 0 Å². The highest BCUT2D eigenvalue weighted by atomic mass is 16.5. The lowest BCUT2D eigenvalue weighted by Gasteiger charge is -2.32. The van der Waals surface area contributed by atoms with Gasteiger partial charge in [0.05, 0.1) is 7.11 Å². The lowest BCUT2D eigenvalue weighted by Crippen LogP contribution is -2.45. The molecule has 1 aromatic carbocycles. The quantitative estimate of drug-likeness (QED) is 0.853. The van der Waals surface area contributed by atoms with Crippen LogP contribution in [-0.2, 0) is 0 Å². The highest BCUT2D eigenvalue weighted by Gasteiger charge is 2.26. The SMILES string of the molecule is CCCNC1CCCCC1Oc1cccc(OC)c1. The molecular formula is C16H25NO2. The number of hydrogen-bond acceptors (Lipinski definition) is 3. The first-order valence-corrected chi connectivity index (χ1v) is 7.37. The van der Waals surface area contributed by atoms with Gasteiger partial charge >= 0.3 is 0 Å². The summed E-state index contributed by atoms with van der Waals surface area (Å²) in [5.41, 5.74) is 0. The molecule has 0 heterocycles. The molecule has 0 radical (unpaired) electrons. The van der Waals surface area contributed by atoms with Crippen molar-refractivity contribution < 1.29 is 9.47 Å². The van der Waals surface area contributed by atoms with Crippen LogP contribution in [-0.4, -0.2) is 25.8 Å². The molecule has 1 aliphatic rings. The summed E-state index contributed by atoms with van der Waals surface area (Å²) in [6, 6.07) is 8.38. The van der Waals surface area contributed by atoms with Gasteiger partial charge in [-0.05, 0) is 44.4 Å². The van der Waals surface area contributed by atoms with E-state index in [2.05, 4.69) is 12.2 Å². The van der Waals surface area contributed by atoms with Crippen LogP contribution in [0.15, 0.2) is 24.3 Å². The van der Waals surface area contributed by atoms with Gasteiger partial charge in [0.15, 0.2) is 0 Å². The van der Waals surface area contributed by atoms with Crippen molar-refractivity contribution in [2.75, 3.05) is 13.7 Å². The van der Waals surface area contributed by atoms with Crippen LogP contribution in [0.4, 0.5) is 0 Å². The van der Waals surface area contributed by atoms with Crippen LogP contribution in [0.1, 0.15) is 39.0 Å². The normalized spacial score (nSPS) is 23.1. The first-order chi connectivity index (χ1) is 9.33. The van der Waals surface area contributed by atoms with Crippen LogP contribution in [0.25, 0.3) is 0 Å². The lowest BCUT2D eigenvalue weighted by atomic mass is 9.92.